The van der Waals surface area contributed by atoms with Crippen LogP contribution in [0, 0.1) is 67.0 Å². The number of rotatable bonds is 7. The molecule has 8 fully saturated rings. The molecular formula is C34H54O4. The van der Waals surface area contributed by atoms with Crippen LogP contribution in [-0.2, 0) is 9.59 Å². The second kappa shape index (κ2) is 7.41. The standard InChI is InChI=1S/C34H54O4/c1-21(2)27-9-28(22(3)4)12-31(11-27,25(35)36)19-33(15-27,16-28)34-17-29(23(5)6)10-30(18-34,24(7)8)14-32(13-29,20-34)26(37)38/h21-24H,9-20H2,1-8H3,(H,35,36)(H,37,38). The van der Waals surface area contributed by atoms with Crippen molar-refractivity contribution in [1.82, 2.24) is 0 Å². The Hall–Kier alpha value is -1.06. The van der Waals surface area contributed by atoms with E-state index in [1.165, 1.54) is 0 Å². The summed E-state index contributed by atoms with van der Waals surface area (Å²) in [6.45, 7) is 18.8. The smallest absolute Gasteiger partial charge is 0.309 e. The van der Waals surface area contributed by atoms with Crippen molar-refractivity contribution in [1.29, 1.82) is 0 Å². The molecule has 0 aliphatic heterocycles. The fourth-order valence-corrected chi connectivity index (χ4v) is 13.6. The van der Waals surface area contributed by atoms with Gasteiger partial charge in [-0.25, -0.2) is 0 Å². The highest BCUT2D eigenvalue weighted by Gasteiger charge is 2.80. The van der Waals surface area contributed by atoms with E-state index in [9.17, 15) is 19.8 Å². The van der Waals surface area contributed by atoms with E-state index < -0.39 is 22.8 Å². The third kappa shape index (κ3) is 2.99. The van der Waals surface area contributed by atoms with Gasteiger partial charge in [0.15, 0.2) is 0 Å². The number of carboxylic acid groups (broad SMARTS) is 2. The van der Waals surface area contributed by atoms with Gasteiger partial charge in [-0.1, -0.05) is 55.4 Å². The maximum absolute atomic E-state index is 13.4. The Morgan fingerprint density at radius 1 is 0.421 bits per heavy atom. The molecule has 4 heteroatoms. The first-order valence-corrected chi connectivity index (χ1v) is 15.9. The highest BCUT2D eigenvalue weighted by atomic mass is 16.4. The summed E-state index contributed by atoms with van der Waals surface area (Å²) in [5, 5.41) is 22.0. The zero-order chi connectivity index (χ0) is 27.9. The van der Waals surface area contributed by atoms with Crippen molar-refractivity contribution in [3.63, 3.8) is 0 Å². The maximum Gasteiger partial charge on any atom is 0.309 e. The van der Waals surface area contributed by atoms with E-state index in [1.807, 2.05) is 0 Å². The monoisotopic (exact) mass is 526 g/mol. The van der Waals surface area contributed by atoms with Crippen molar-refractivity contribution in [2.45, 2.75) is 132 Å². The zero-order valence-corrected chi connectivity index (χ0v) is 25.5. The first kappa shape index (κ1) is 27.1. The molecule has 0 saturated heterocycles. The lowest BCUT2D eigenvalue weighted by Gasteiger charge is -2.81. The summed E-state index contributed by atoms with van der Waals surface area (Å²) < 4.78 is 0. The molecule has 0 amide bonds. The minimum absolute atomic E-state index is 0.0487. The number of carbonyl (C=O) groups is 2. The third-order valence-corrected chi connectivity index (χ3v) is 15.2. The van der Waals surface area contributed by atoms with E-state index in [4.69, 9.17) is 0 Å². The second-order valence-electron chi connectivity index (χ2n) is 17.9. The molecule has 4 unspecified atom stereocenters. The fourth-order valence-electron chi connectivity index (χ4n) is 13.6. The summed E-state index contributed by atoms with van der Waals surface area (Å²) in [5.74, 6) is 0.650. The highest BCUT2D eigenvalue weighted by molar-refractivity contribution is 5.77. The van der Waals surface area contributed by atoms with Gasteiger partial charge >= 0.3 is 11.9 Å². The Morgan fingerprint density at radius 3 is 0.842 bits per heavy atom. The lowest BCUT2D eigenvalue weighted by molar-refractivity contribution is -0.320. The molecular weight excluding hydrogens is 472 g/mol. The molecule has 0 aromatic rings. The van der Waals surface area contributed by atoms with Crippen LogP contribution >= 0.6 is 0 Å². The molecule has 8 saturated carbocycles. The van der Waals surface area contributed by atoms with Gasteiger partial charge in [-0.05, 0) is 133 Å². The van der Waals surface area contributed by atoms with E-state index in [2.05, 4.69) is 55.4 Å². The molecule has 8 bridgehead atoms. The fraction of sp³-hybridized carbons (Fsp3) is 0.941. The molecule has 38 heavy (non-hydrogen) atoms. The Morgan fingerprint density at radius 2 is 0.658 bits per heavy atom. The minimum Gasteiger partial charge on any atom is -0.481 e. The second-order valence-corrected chi connectivity index (χ2v) is 17.9. The van der Waals surface area contributed by atoms with Gasteiger partial charge in [-0.2, -0.15) is 0 Å². The Labute approximate surface area is 231 Å². The maximum atomic E-state index is 13.4. The normalized spacial score (nSPS) is 52.6. The van der Waals surface area contributed by atoms with Crippen LogP contribution in [0.1, 0.15) is 132 Å². The van der Waals surface area contributed by atoms with Crippen molar-refractivity contribution in [3.05, 3.63) is 0 Å². The molecule has 0 heterocycles. The van der Waals surface area contributed by atoms with Crippen molar-refractivity contribution >= 4 is 11.9 Å². The van der Waals surface area contributed by atoms with Crippen LogP contribution in [0.25, 0.3) is 0 Å². The predicted octanol–water partition coefficient (Wildman–Crippen LogP) is 8.43. The summed E-state index contributed by atoms with van der Waals surface area (Å²) in [5.41, 5.74) is -1.26. The van der Waals surface area contributed by atoms with E-state index in [-0.39, 0.29) is 32.5 Å². The molecule has 2 N–H and O–H groups in total. The number of carboxylic acids is 2. The predicted molar refractivity (Wildman–Crippen MR) is 149 cm³/mol. The molecule has 0 aromatic heterocycles. The Kier molecular flexibility index (Phi) is 5.29. The van der Waals surface area contributed by atoms with Crippen LogP contribution in [0.15, 0.2) is 0 Å². The lowest BCUT2D eigenvalue weighted by Crippen LogP contribution is -2.74. The lowest BCUT2D eigenvalue weighted by atomic mass is 9.22. The molecule has 0 aromatic carbocycles. The van der Waals surface area contributed by atoms with Gasteiger partial charge in [-0.15, -0.1) is 0 Å². The van der Waals surface area contributed by atoms with Crippen LogP contribution in [0.4, 0.5) is 0 Å². The summed E-state index contributed by atoms with van der Waals surface area (Å²) >= 11 is 0. The Bertz CT molecular complexity index is 932. The Balaban J connectivity index is 1.62. The van der Waals surface area contributed by atoms with Gasteiger partial charge in [0.25, 0.3) is 0 Å². The molecule has 214 valence electrons. The number of hydrogen-bond donors (Lipinski definition) is 2. The van der Waals surface area contributed by atoms with Crippen LogP contribution in [0.5, 0.6) is 0 Å². The summed E-state index contributed by atoms with van der Waals surface area (Å²) in [6, 6.07) is 0. The number of aliphatic carboxylic acids is 2. The average Bonchev–Trinajstić information content (AvgIpc) is 2.77. The molecule has 4 nitrogen and oxygen atoms in total. The summed E-state index contributed by atoms with van der Waals surface area (Å²) in [6.07, 6.45) is 11.7. The third-order valence-electron chi connectivity index (χ3n) is 15.2. The molecule has 8 rings (SSSR count). The van der Waals surface area contributed by atoms with Gasteiger partial charge in [0, 0.05) is 0 Å². The van der Waals surface area contributed by atoms with E-state index in [0.717, 1.165) is 77.0 Å². The largest absolute Gasteiger partial charge is 0.481 e. The van der Waals surface area contributed by atoms with Gasteiger partial charge in [0.05, 0.1) is 10.8 Å². The van der Waals surface area contributed by atoms with Crippen molar-refractivity contribution < 1.29 is 19.8 Å². The average molecular weight is 527 g/mol. The molecule has 0 spiro atoms. The van der Waals surface area contributed by atoms with Crippen LogP contribution in [-0.4, -0.2) is 22.2 Å². The van der Waals surface area contributed by atoms with Crippen LogP contribution < -0.4 is 0 Å². The highest BCUT2D eigenvalue weighted by Crippen LogP contribution is 2.87. The van der Waals surface area contributed by atoms with E-state index in [0.29, 0.717) is 23.7 Å². The van der Waals surface area contributed by atoms with E-state index in [1.54, 1.807) is 0 Å². The van der Waals surface area contributed by atoms with Crippen molar-refractivity contribution in [2.24, 2.45) is 67.0 Å². The zero-order valence-electron chi connectivity index (χ0n) is 25.5. The number of hydrogen-bond acceptors (Lipinski definition) is 2. The SMILES string of the molecule is CC(C)C12CC3(C(=O)O)CC(C(C)C)(C1)CC(C14CC5(C(=O)O)CC(C(C)C)(CC(C(C)C)(C5)C1)C4)(C3)C2. The topological polar surface area (TPSA) is 74.6 Å². The minimum atomic E-state index is -0.654. The molecule has 8 aliphatic rings. The molecule has 8 aliphatic carbocycles. The molecule has 0 radical (unpaired) electrons. The summed E-state index contributed by atoms with van der Waals surface area (Å²) in [7, 11) is 0. The van der Waals surface area contributed by atoms with E-state index >= 15 is 0 Å². The van der Waals surface area contributed by atoms with Gasteiger partial charge < -0.3 is 10.2 Å². The van der Waals surface area contributed by atoms with Gasteiger partial charge in [0.2, 0.25) is 0 Å². The first-order valence-electron chi connectivity index (χ1n) is 15.9. The van der Waals surface area contributed by atoms with Crippen LogP contribution in [0.3, 0.4) is 0 Å². The van der Waals surface area contributed by atoms with Gasteiger partial charge in [0.1, 0.15) is 0 Å². The quantitative estimate of drug-likeness (QED) is 0.349. The first-order chi connectivity index (χ1) is 17.4. The van der Waals surface area contributed by atoms with Crippen molar-refractivity contribution in [3.8, 4) is 0 Å². The summed E-state index contributed by atoms with van der Waals surface area (Å²) in [4.78, 5) is 26.7. The van der Waals surface area contributed by atoms with Crippen LogP contribution in [0.2, 0.25) is 0 Å². The molecule has 4 atom stereocenters. The van der Waals surface area contributed by atoms with Crippen molar-refractivity contribution in [2.75, 3.05) is 0 Å². The van der Waals surface area contributed by atoms with Gasteiger partial charge in [-0.3, -0.25) is 9.59 Å².